The number of halogens is 5. The first kappa shape index (κ1) is 13.8. The Labute approximate surface area is 125 Å². The number of benzene rings is 1. The number of hydrogen-bond acceptors (Lipinski definition) is 3. The van der Waals surface area contributed by atoms with Gasteiger partial charge in [-0.3, -0.25) is 0 Å². The van der Waals surface area contributed by atoms with E-state index in [0.29, 0.717) is 16.0 Å². The van der Waals surface area contributed by atoms with Gasteiger partial charge in [0.1, 0.15) is 5.82 Å². The number of anilines is 2. The molecule has 0 spiro atoms. The van der Waals surface area contributed by atoms with Crippen LogP contribution in [0.4, 0.5) is 15.9 Å². The molecule has 0 amide bonds. The zero-order chi connectivity index (χ0) is 13.3. The quantitative estimate of drug-likeness (QED) is 0.591. The summed E-state index contributed by atoms with van der Waals surface area (Å²) in [6.45, 7) is 0. The number of hydrogen-bond donors (Lipinski definition) is 1. The molecular weight excluding hydrogens is 367 g/mol. The van der Waals surface area contributed by atoms with Crippen LogP contribution < -0.4 is 5.32 Å². The summed E-state index contributed by atoms with van der Waals surface area (Å²) in [5, 5.41) is 2.82. The third-order valence-electron chi connectivity index (χ3n) is 1.96. The lowest BCUT2D eigenvalue weighted by atomic mass is 10.3. The standard InChI is InChI=1S/C10H4BrCl3FN3/c11-5-3-16-10(14)18-9(5)17-4-1-6(12)8(15)7(13)2-4/h1-3H,(H,16,17,18). The van der Waals surface area contributed by atoms with Crippen molar-refractivity contribution in [2.24, 2.45) is 0 Å². The van der Waals surface area contributed by atoms with Crippen LogP contribution in [-0.2, 0) is 0 Å². The summed E-state index contributed by atoms with van der Waals surface area (Å²) in [5.41, 5.74) is 0.488. The first-order valence-corrected chi connectivity index (χ1v) is 6.49. The van der Waals surface area contributed by atoms with Gasteiger partial charge in [0.25, 0.3) is 0 Å². The highest BCUT2D eigenvalue weighted by molar-refractivity contribution is 9.10. The molecule has 94 valence electrons. The van der Waals surface area contributed by atoms with Gasteiger partial charge in [-0.05, 0) is 39.7 Å². The smallest absolute Gasteiger partial charge is 0.224 e. The molecule has 1 aromatic heterocycles. The highest BCUT2D eigenvalue weighted by Gasteiger charge is 2.10. The Bertz CT molecular complexity index is 586. The molecule has 0 aliphatic rings. The summed E-state index contributed by atoms with van der Waals surface area (Å²) in [5.74, 6) is -0.239. The fraction of sp³-hybridized carbons (Fsp3) is 0. The second kappa shape index (κ2) is 5.57. The predicted molar refractivity (Wildman–Crippen MR) is 74.4 cm³/mol. The maximum absolute atomic E-state index is 13.2. The molecule has 0 aliphatic carbocycles. The molecule has 0 saturated carbocycles. The van der Waals surface area contributed by atoms with Crippen molar-refractivity contribution in [3.8, 4) is 0 Å². The van der Waals surface area contributed by atoms with Crippen LogP contribution in [-0.4, -0.2) is 9.97 Å². The summed E-state index contributed by atoms with van der Waals surface area (Å²) in [4.78, 5) is 7.75. The lowest BCUT2D eigenvalue weighted by Gasteiger charge is -2.09. The molecule has 0 radical (unpaired) electrons. The minimum Gasteiger partial charge on any atom is -0.339 e. The van der Waals surface area contributed by atoms with Crippen molar-refractivity contribution in [3.05, 3.63) is 43.9 Å². The van der Waals surface area contributed by atoms with Gasteiger partial charge in [-0.2, -0.15) is 4.98 Å². The number of rotatable bonds is 2. The van der Waals surface area contributed by atoms with Crippen LogP contribution in [0.25, 0.3) is 0 Å². The number of nitrogens with zero attached hydrogens (tertiary/aromatic N) is 2. The van der Waals surface area contributed by atoms with Crippen LogP contribution in [0.1, 0.15) is 0 Å². The van der Waals surface area contributed by atoms with E-state index < -0.39 is 5.82 Å². The number of nitrogens with one attached hydrogen (secondary N) is 1. The molecule has 0 fully saturated rings. The maximum Gasteiger partial charge on any atom is 0.224 e. The second-order valence-electron chi connectivity index (χ2n) is 3.21. The SMILES string of the molecule is Fc1c(Cl)cc(Nc2nc(Cl)ncc2Br)cc1Cl. The molecule has 8 heteroatoms. The molecule has 0 saturated heterocycles. The van der Waals surface area contributed by atoms with Crippen LogP contribution >= 0.6 is 50.7 Å². The van der Waals surface area contributed by atoms with Gasteiger partial charge in [0.15, 0.2) is 5.82 Å². The van der Waals surface area contributed by atoms with Gasteiger partial charge in [0.2, 0.25) is 5.28 Å². The van der Waals surface area contributed by atoms with E-state index >= 15 is 0 Å². The topological polar surface area (TPSA) is 37.8 Å². The molecule has 3 nitrogen and oxygen atoms in total. The molecule has 1 N–H and O–H groups in total. The molecule has 0 atom stereocenters. The van der Waals surface area contributed by atoms with E-state index in [1.807, 2.05) is 0 Å². The van der Waals surface area contributed by atoms with E-state index in [1.54, 1.807) is 0 Å². The van der Waals surface area contributed by atoms with Gasteiger partial charge in [0, 0.05) is 11.9 Å². The first-order valence-electron chi connectivity index (χ1n) is 4.57. The van der Waals surface area contributed by atoms with E-state index in [0.717, 1.165) is 0 Å². The summed E-state index contributed by atoms with van der Waals surface area (Å²) in [6, 6.07) is 2.79. The molecule has 0 bridgehead atoms. The average molecular weight is 371 g/mol. The van der Waals surface area contributed by atoms with Gasteiger partial charge in [-0.15, -0.1) is 0 Å². The zero-order valence-electron chi connectivity index (χ0n) is 8.52. The summed E-state index contributed by atoms with van der Waals surface area (Å²) < 4.78 is 13.8. The van der Waals surface area contributed by atoms with Gasteiger partial charge < -0.3 is 5.32 Å². The minimum atomic E-state index is -0.663. The highest BCUT2D eigenvalue weighted by atomic mass is 79.9. The van der Waals surface area contributed by atoms with Gasteiger partial charge in [0.05, 0.1) is 14.5 Å². The lowest BCUT2D eigenvalue weighted by Crippen LogP contribution is -1.97. The summed E-state index contributed by atoms with van der Waals surface area (Å²) >= 11 is 20.3. The van der Waals surface area contributed by atoms with Gasteiger partial charge >= 0.3 is 0 Å². The zero-order valence-corrected chi connectivity index (χ0v) is 12.4. The Morgan fingerprint density at radius 2 is 1.78 bits per heavy atom. The van der Waals surface area contributed by atoms with Crippen molar-refractivity contribution < 1.29 is 4.39 Å². The maximum atomic E-state index is 13.2. The number of aromatic nitrogens is 2. The van der Waals surface area contributed by atoms with E-state index in [4.69, 9.17) is 34.8 Å². The summed E-state index contributed by atoms with van der Waals surface area (Å²) in [7, 11) is 0. The van der Waals surface area contributed by atoms with Gasteiger partial charge in [-0.1, -0.05) is 23.2 Å². The third kappa shape index (κ3) is 3.03. The van der Waals surface area contributed by atoms with E-state index in [1.165, 1.54) is 18.3 Å². The Morgan fingerprint density at radius 3 is 2.39 bits per heavy atom. The lowest BCUT2D eigenvalue weighted by molar-refractivity contribution is 0.629. The van der Waals surface area contributed by atoms with Crippen LogP contribution in [0.15, 0.2) is 22.8 Å². The highest BCUT2D eigenvalue weighted by Crippen LogP contribution is 2.30. The fourth-order valence-corrected chi connectivity index (χ4v) is 2.11. The Morgan fingerprint density at radius 1 is 1.17 bits per heavy atom. The van der Waals surface area contributed by atoms with Crippen molar-refractivity contribution in [3.63, 3.8) is 0 Å². The Hall–Kier alpha value is -0.620. The van der Waals surface area contributed by atoms with Crippen LogP contribution in [0.5, 0.6) is 0 Å². The molecule has 2 rings (SSSR count). The fourth-order valence-electron chi connectivity index (χ4n) is 1.20. The van der Waals surface area contributed by atoms with Crippen LogP contribution in [0.3, 0.4) is 0 Å². The van der Waals surface area contributed by atoms with Crippen LogP contribution in [0, 0.1) is 5.82 Å². The predicted octanol–water partition coefficient (Wildman–Crippen LogP) is 5.08. The molecule has 0 aliphatic heterocycles. The minimum absolute atomic E-state index is 0.0822. The van der Waals surface area contributed by atoms with Crippen molar-refractivity contribution in [2.75, 3.05) is 5.32 Å². The van der Waals surface area contributed by atoms with E-state index in [9.17, 15) is 4.39 Å². The monoisotopic (exact) mass is 369 g/mol. The van der Waals surface area contributed by atoms with Crippen molar-refractivity contribution in [1.82, 2.24) is 9.97 Å². The van der Waals surface area contributed by atoms with Gasteiger partial charge in [-0.25, -0.2) is 9.37 Å². The Balaban J connectivity index is 2.37. The molecule has 18 heavy (non-hydrogen) atoms. The third-order valence-corrected chi connectivity index (χ3v) is 3.27. The summed E-state index contributed by atoms with van der Waals surface area (Å²) in [6.07, 6.45) is 1.49. The van der Waals surface area contributed by atoms with Crippen LogP contribution in [0.2, 0.25) is 15.3 Å². The molecule has 1 aromatic carbocycles. The molecule has 2 aromatic rings. The average Bonchev–Trinajstić information content (AvgIpc) is 2.31. The largest absolute Gasteiger partial charge is 0.339 e. The van der Waals surface area contributed by atoms with E-state index in [2.05, 4.69) is 31.2 Å². The van der Waals surface area contributed by atoms with Crippen molar-refractivity contribution in [2.45, 2.75) is 0 Å². The Kier molecular flexibility index (Phi) is 4.27. The van der Waals surface area contributed by atoms with Crippen molar-refractivity contribution in [1.29, 1.82) is 0 Å². The second-order valence-corrected chi connectivity index (χ2v) is 5.22. The van der Waals surface area contributed by atoms with Crippen molar-refractivity contribution >= 4 is 62.2 Å². The first-order chi connectivity index (χ1) is 8.47. The molecule has 1 heterocycles. The molecule has 0 unspecified atom stereocenters. The van der Waals surface area contributed by atoms with E-state index in [-0.39, 0.29) is 15.3 Å². The molecular formula is C10H4BrCl3FN3. The normalized spacial score (nSPS) is 10.5.